The maximum Gasteiger partial charge on any atom is 0.392 e. The zero-order chi connectivity index (χ0) is 25.5. The average Bonchev–Trinajstić information content (AvgIpc) is 3.56. The van der Waals surface area contributed by atoms with Gasteiger partial charge in [-0.2, -0.15) is 18.3 Å². The molecule has 0 aliphatic heterocycles. The Hall–Kier alpha value is -3.07. The van der Waals surface area contributed by atoms with Crippen molar-refractivity contribution in [3.8, 4) is 0 Å². The molecule has 4 rings (SSSR count). The van der Waals surface area contributed by atoms with Crippen molar-refractivity contribution >= 4 is 40.1 Å². The number of carbonyl (C=O) groups is 2. The second-order valence-corrected chi connectivity index (χ2v) is 9.57. The normalized spacial score (nSPS) is 16.6. The summed E-state index contributed by atoms with van der Waals surface area (Å²) in [5.41, 5.74) is 1.79. The Morgan fingerprint density at radius 2 is 1.89 bits per heavy atom. The molecular formula is C25H25ClF3N3O3. The number of rotatable bonds is 8. The minimum atomic E-state index is -4.61. The summed E-state index contributed by atoms with van der Waals surface area (Å²) in [6.07, 6.45) is -1.34. The van der Waals surface area contributed by atoms with E-state index < -0.39 is 29.9 Å². The van der Waals surface area contributed by atoms with E-state index >= 15 is 0 Å². The van der Waals surface area contributed by atoms with E-state index in [2.05, 4.69) is 10.4 Å². The molecule has 1 aromatic heterocycles. The van der Waals surface area contributed by atoms with Crippen LogP contribution in [0.4, 0.5) is 18.9 Å². The van der Waals surface area contributed by atoms with Crippen LogP contribution in [-0.2, 0) is 16.6 Å². The second-order valence-electron chi connectivity index (χ2n) is 9.16. The van der Waals surface area contributed by atoms with Crippen LogP contribution in [0.2, 0.25) is 5.02 Å². The van der Waals surface area contributed by atoms with Crippen molar-refractivity contribution in [3.05, 3.63) is 58.7 Å². The van der Waals surface area contributed by atoms with Crippen molar-refractivity contribution in [1.29, 1.82) is 0 Å². The van der Waals surface area contributed by atoms with Crippen LogP contribution in [0.25, 0.3) is 10.9 Å². The predicted molar refractivity (Wildman–Crippen MR) is 126 cm³/mol. The summed E-state index contributed by atoms with van der Waals surface area (Å²) in [4.78, 5) is 24.7. The van der Waals surface area contributed by atoms with Crippen molar-refractivity contribution < 1.29 is 27.9 Å². The number of aliphatic carboxylic acids is 1. The van der Waals surface area contributed by atoms with E-state index in [1.807, 2.05) is 0 Å². The summed E-state index contributed by atoms with van der Waals surface area (Å²) in [6.45, 7) is 0.978. The molecule has 1 saturated carbocycles. The van der Waals surface area contributed by atoms with Crippen LogP contribution in [0.3, 0.4) is 0 Å². The Morgan fingerprint density at radius 1 is 1.20 bits per heavy atom. The molecule has 35 heavy (non-hydrogen) atoms. The molecule has 186 valence electrons. The summed E-state index contributed by atoms with van der Waals surface area (Å²) in [5.74, 6) is -5.31. The van der Waals surface area contributed by atoms with Gasteiger partial charge in [0.05, 0.1) is 40.7 Å². The van der Waals surface area contributed by atoms with Crippen molar-refractivity contribution in [3.63, 3.8) is 0 Å². The molecule has 1 heterocycles. The first-order valence-corrected chi connectivity index (χ1v) is 11.6. The van der Waals surface area contributed by atoms with Gasteiger partial charge < -0.3 is 10.4 Å². The first kappa shape index (κ1) is 25.0. The largest absolute Gasteiger partial charge is 0.481 e. The van der Waals surface area contributed by atoms with Gasteiger partial charge in [0, 0.05) is 12.4 Å². The minimum Gasteiger partial charge on any atom is -0.481 e. The van der Waals surface area contributed by atoms with E-state index in [1.54, 1.807) is 36.0 Å². The number of nitrogens with zero attached hydrogens (tertiary/aromatic N) is 2. The van der Waals surface area contributed by atoms with Gasteiger partial charge in [-0.25, -0.2) is 0 Å². The summed E-state index contributed by atoms with van der Waals surface area (Å²) in [5, 5.41) is 16.8. The Bertz CT molecular complexity index is 1270. The fourth-order valence-corrected chi connectivity index (χ4v) is 4.72. The number of carbonyl (C=O) groups excluding carboxylic acids is 1. The van der Waals surface area contributed by atoms with Gasteiger partial charge in [0.25, 0.3) is 0 Å². The SMILES string of the molecule is CC(C(C(=O)Nc1cc(C(CC(=O)O)C2CC2)ccc1Cl)c1ccc2c(cnn2C)c1)C(F)(F)F. The number of fused-ring (bicyclic) bond motifs is 1. The third-order valence-electron chi connectivity index (χ3n) is 6.69. The van der Waals surface area contributed by atoms with Crippen molar-refractivity contribution in [2.45, 2.75) is 44.2 Å². The number of nitrogens with one attached hydrogen (secondary N) is 1. The van der Waals surface area contributed by atoms with Gasteiger partial charge in [-0.3, -0.25) is 14.3 Å². The number of carboxylic acids is 1. The van der Waals surface area contributed by atoms with Crippen LogP contribution in [0.5, 0.6) is 0 Å². The molecule has 3 aromatic rings. The first-order valence-electron chi connectivity index (χ1n) is 11.3. The second kappa shape index (κ2) is 9.53. The molecule has 1 aliphatic rings. The molecule has 0 saturated heterocycles. The molecular weight excluding hydrogens is 483 g/mol. The summed E-state index contributed by atoms with van der Waals surface area (Å²) in [6, 6.07) is 9.50. The van der Waals surface area contributed by atoms with Gasteiger partial charge in [-0.05, 0) is 60.1 Å². The molecule has 3 atom stereocenters. The fraction of sp³-hybridized carbons (Fsp3) is 0.400. The van der Waals surface area contributed by atoms with E-state index in [0.717, 1.165) is 25.3 Å². The topological polar surface area (TPSA) is 84.2 Å². The van der Waals surface area contributed by atoms with Gasteiger partial charge in [-0.1, -0.05) is 30.7 Å². The van der Waals surface area contributed by atoms with Gasteiger partial charge in [0.2, 0.25) is 5.91 Å². The maximum absolute atomic E-state index is 13.8. The summed E-state index contributed by atoms with van der Waals surface area (Å²) in [7, 11) is 1.72. The highest BCUT2D eigenvalue weighted by Gasteiger charge is 2.45. The van der Waals surface area contributed by atoms with E-state index in [1.165, 1.54) is 18.3 Å². The third kappa shape index (κ3) is 5.45. The molecule has 6 nitrogen and oxygen atoms in total. The molecule has 1 amide bonds. The number of halogens is 4. The van der Waals surface area contributed by atoms with Gasteiger partial charge in [0.15, 0.2) is 0 Å². The Morgan fingerprint density at radius 3 is 2.51 bits per heavy atom. The zero-order valence-corrected chi connectivity index (χ0v) is 19.9. The van der Waals surface area contributed by atoms with Crippen molar-refractivity contribution in [1.82, 2.24) is 9.78 Å². The van der Waals surface area contributed by atoms with Gasteiger partial charge in [0.1, 0.15) is 0 Å². The third-order valence-corrected chi connectivity index (χ3v) is 7.02. The monoisotopic (exact) mass is 507 g/mol. The zero-order valence-electron chi connectivity index (χ0n) is 19.1. The van der Waals surface area contributed by atoms with Crippen LogP contribution in [0.15, 0.2) is 42.6 Å². The number of hydrogen-bond acceptors (Lipinski definition) is 3. The number of hydrogen-bond donors (Lipinski definition) is 2. The number of aromatic nitrogens is 2. The van der Waals surface area contributed by atoms with Crippen molar-refractivity contribution in [2.75, 3.05) is 5.32 Å². The first-order chi connectivity index (χ1) is 16.5. The summed E-state index contributed by atoms with van der Waals surface area (Å²) < 4.78 is 43.0. The predicted octanol–water partition coefficient (Wildman–Crippen LogP) is 6.12. The van der Waals surface area contributed by atoms with Gasteiger partial charge >= 0.3 is 12.1 Å². The lowest BCUT2D eigenvalue weighted by Gasteiger charge is -2.26. The fourth-order valence-electron chi connectivity index (χ4n) is 4.55. The maximum atomic E-state index is 13.8. The van der Waals surface area contributed by atoms with Crippen LogP contribution in [0.1, 0.15) is 49.1 Å². The smallest absolute Gasteiger partial charge is 0.392 e. The molecule has 1 fully saturated rings. The lowest BCUT2D eigenvalue weighted by atomic mass is 9.85. The van der Waals surface area contributed by atoms with Crippen LogP contribution >= 0.6 is 11.6 Å². The lowest BCUT2D eigenvalue weighted by molar-refractivity contribution is -0.178. The number of amides is 1. The quantitative estimate of drug-likeness (QED) is 0.385. The van der Waals surface area contributed by atoms with E-state index in [0.29, 0.717) is 10.9 Å². The van der Waals surface area contributed by atoms with Crippen LogP contribution in [0, 0.1) is 11.8 Å². The number of alkyl halides is 3. The molecule has 2 N–H and O–H groups in total. The Kier molecular flexibility index (Phi) is 6.81. The highest BCUT2D eigenvalue weighted by atomic mass is 35.5. The number of carboxylic acid groups (broad SMARTS) is 1. The number of aryl methyl sites for hydroxylation is 1. The van der Waals surface area contributed by atoms with Crippen molar-refractivity contribution in [2.24, 2.45) is 18.9 Å². The number of benzene rings is 2. The van der Waals surface area contributed by atoms with E-state index in [-0.39, 0.29) is 34.5 Å². The molecule has 0 radical (unpaired) electrons. The van der Waals surface area contributed by atoms with Crippen LogP contribution in [-0.4, -0.2) is 32.9 Å². The van der Waals surface area contributed by atoms with E-state index in [4.69, 9.17) is 11.6 Å². The lowest BCUT2D eigenvalue weighted by Crippen LogP contribution is -2.34. The molecule has 0 bridgehead atoms. The highest BCUT2D eigenvalue weighted by molar-refractivity contribution is 6.33. The molecule has 2 aromatic carbocycles. The summed E-state index contributed by atoms with van der Waals surface area (Å²) >= 11 is 6.28. The Balaban J connectivity index is 1.67. The van der Waals surface area contributed by atoms with E-state index in [9.17, 15) is 27.9 Å². The minimum absolute atomic E-state index is 0.0709. The van der Waals surface area contributed by atoms with Gasteiger partial charge in [-0.15, -0.1) is 0 Å². The highest BCUT2D eigenvalue weighted by Crippen LogP contribution is 2.46. The average molecular weight is 508 g/mol. The molecule has 0 spiro atoms. The molecule has 10 heteroatoms. The molecule has 1 aliphatic carbocycles. The number of anilines is 1. The van der Waals surface area contributed by atoms with Crippen LogP contribution < -0.4 is 5.32 Å². The Labute approximate surface area is 205 Å². The standard InChI is InChI=1S/C25H25ClF3N3O3/c1-13(25(27,28)29)23(16-6-8-21-17(9-16)12-30-32(21)2)24(35)31-20-10-15(5-7-19(20)26)18(11-22(33)34)14-3-4-14/h5-10,12-14,18,23H,3-4,11H2,1-2H3,(H,31,35)(H,33,34). The molecule has 3 unspecified atom stereocenters.